The minimum absolute atomic E-state index is 0.318. The molecule has 2 nitrogen and oxygen atoms in total. The van der Waals surface area contributed by atoms with Crippen LogP contribution in [0.5, 0.6) is 0 Å². The Morgan fingerprint density at radius 1 is 1.15 bits per heavy atom. The molecule has 2 aliphatic carbocycles. The van der Waals surface area contributed by atoms with E-state index in [1.165, 1.54) is 5.76 Å². The molecule has 1 fully saturated rings. The molecule has 1 saturated carbocycles. The fourth-order valence-corrected chi connectivity index (χ4v) is 4.73. The van der Waals surface area contributed by atoms with E-state index in [0.717, 1.165) is 30.8 Å². The molecule has 0 radical (unpaired) electrons. The number of rotatable bonds is 5. The summed E-state index contributed by atoms with van der Waals surface area (Å²) in [4.78, 5) is 0. The molecule has 0 saturated heterocycles. The smallest absolute Gasteiger partial charge is 0.241 e. The normalized spacial score (nSPS) is 30.0. The average molecular weight is 313 g/mol. The van der Waals surface area contributed by atoms with Gasteiger partial charge in [-0.15, -0.1) is 0 Å². The van der Waals surface area contributed by atoms with E-state index in [0.29, 0.717) is 5.04 Å². The summed E-state index contributed by atoms with van der Waals surface area (Å²) in [6.07, 6.45) is 3.54. The van der Waals surface area contributed by atoms with Gasteiger partial charge in [-0.2, -0.15) is 0 Å². The van der Waals surface area contributed by atoms with E-state index >= 15 is 0 Å². The lowest BCUT2D eigenvalue weighted by Gasteiger charge is -2.36. The molecule has 0 aromatic carbocycles. The van der Waals surface area contributed by atoms with E-state index in [2.05, 4.69) is 59.6 Å². The lowest BCUT2D eigenvalue weighted by atomic mass is 10.2. The molecule has 0 aromatic rings. The molecule has 0 spiro atoms. The van der Waals surface area contributed by atoms with Gasteiger partial charge in [-0.1, -0.05) is 20.8 Å². The number of hydrogen-bond acceptors (Lipinski definition) is 2. The average Bonchev–Trinajstić information content (AvgIpc) is 2.65. The van der Waals surface area contributed by atoms with Crippen molar-refractivity contribution in [2.24, 2.45) is 17.8 Å². The minimum Gasteiger partial charge on any atom is -0.548 e. The highest BCUT2D eigenvalue weighted by Gasteiger charge is 2.54. The van der Waals surface area contributed by atoms with E-state index in [9.17, 15) is 0 Å². The molecule has 0 aliphatic heterocycles. The van der Waals surface area contributed by atoms with Gasteiger partial charge in [0.2, 0.25) is 8.32 Å². The topological polar surface area (TPSA) is 18.5 Å². The first-order chi connectivity index (χ1) is 8.91. The standard InChI is InChI=1S/C16H32O2Si2/c1-16(2,3)20(7,8)17-11-15-13-9-12(10-14(13)15)18-19(4,5)6/h9,13-15H,10-11H2,1-8H3/t13-,14+,15-/m1/s1. The fraction of sp³-hybridized carbons (Fsp3) is 0.875. The largest absolute Gasteiger partial charge is 0.548 e. The maximum Gasteiger partial charge on any atom is 0.241 e. The second kappa shape index (κ2) is 4.99. The summed E-state index contributed by atoms with van der Waals surface area (Å²) in [6.45, 7) is 19.4. The van der Waals surface area contributed by atoms with Gasteiger partial charge < -0.3 is 8.85 Å². The maximum absolute atomic E-state index is 6.37. The van der Waals surface area contributed by atoms with Crippen LogP contribution in [0.15, 0.2) is 11.8 Å². The molecular formula is C16H32O2Si2. The van der Waals surface area contributed by atoms with Crippen LogP contribution in [-0.2, 0) is 8.85 Å². The summed E-state index contributed by atoms with van der Waals surface area (Å²) in [5, 5.41) is 0.318. The SMILES string of the molecule is CC(C)(C)[Si](C)(C)OC[C@@H]1[C@@H]2C=C(O[Si](C)(C)C)C[C@@H]21. The van der Waals surface area contributed by atoms with Crippen LogP contribution in [-0.4, -0.2) is 23.2 Å². The van der Waals surface area contributed by atoms with Crippen molar-refractivity contribution in [3.05, 3.63) is 11.8 Å². The lowest BCUT2D eigenvalue weighted by Crippen LogP contribution is -2.41. The van der Waals surface area contributed by atoms with Gasteiger partial charge in [0, 0.05) is 13.0 Å². The summed E-state index contributed by atoms with van der Waals surface area (Å²) in [5.41, 5.74) is 0. The summed E-state index contributed by atoms with van der Waals surface area (Å²) in [5.74, 6) is 3.58. The third-order valence-electron chi connectivity index (χ3n) is 5.09. The molecule has 0 unspecified atom stereocenters. The van der Waals surface area contributed by atoms with Crippen molar-refractivity contribution < 1.29 is 8.85 Å². The first-order valence-electron chi connectivity index (χ1n) is 7.94. The van der Waals surface area contributed by atoms with Crippen molar-refractivity contribution in [3.8, 4) is 0 Å². The van der Waals surface area contributed by atoms with Gasteiger partial charge >= 0.3 is 0 Å². The van der Waals surface area contributed by atoms with Gasteiger partial charge in [0.05, 0.1) is 5.76 Å². The second-order valence-electron chi connectivity index (χ2n) is 9.03. The monoisotopic (exact) mass is 312 g/mol. The molecule has 0 amide bonds. The van der Waals surface area contributed by atoms with Crippen LogP contribution < -0.4 is 0 Å². The molecule has 4 heteroatoms. The third-order valence-corrected chi connectivity index (χ3v) is 10.5. The number of fused-ring (bicyclic) bond motifs is 1. The molecular weight excluding hydrogens is 280 g/mol. The van der Waals surface area contributed by atoms with Crippen LogP contribution in [0.3, 0.4) is 0 Å². The molecule has 2 rings (SSSR count). The highest BCUT2D eigenvalue weighted by molar-refractivity contribution is 6.74. The first-order valence-corrected chi connectivity index (χ1v) is 14.3. The minimum atomic E-state index is -1.58. The highest BCUT2D eigenvalue weighted by atomic mass is 28.4. The number of allylic oxidation sites excluding steroid dienone is 2. The van der Waals surface area contributed by atoms with Crippen molar-refractivity contribution in [2.45, 2.75) is 65.0 Å². The highest BCUT2D eigenvalue weighted by Crippen LogP contribution is 2.57. The zero-order valence-electron chi connectivity index (χ0n) is 14.5. The predicted molar refractivity (Wildman–Crippen MR) is 90.8 cm³/mol. The van der Waals surface area contributed by atoms with Crippen LogP contribution in [0.25, 0.3) is 0 Å². The zero-order chi connectivity index (χ0) is 15.3. The molecule has 0 N–H and O–H groups in total. The lowest BCUT2D eigenvalue weighted by molar-refractivity contribution is 0.258. The summed E-state index contributed by atoms with van der Waals surface area (Å²) in [7, 11) is -3.00. The van der Waals surface area contributed by atoms with Crippen molar-refractivity contribution in [1.29, 1.82) is 0 Å². The van der Waals surface area contributed by atoms with Gasteiger partial charge in [-0.3, -0.25) is 0 Å². The van der Waals surface area contributed by atoms with E-state index in [1.807, 2.05) is 0 Å². The number of hydrogen-bond donors (Lipinski definition) is 0. The Bertz CT molecular complexity index is 402. The van der Waals surface area contributed by atoms with Crippen LogP contribution in [0.1, 0.15) is 27.2 Å². The van der Waals surface area contributed by atoms with Crippen LogP contribution in [0.4, 0.5) is 0 Å². The Kier molecular flexibility index (Phi) is 4.07. The Morgan fingerprint density at radius 3 is 2.15 bits per heavy atom. The van der Waals surface area contributed by atoms with Crippen LogP contribution in [0.2, 0.25) is 37.8 Å². The molecule has 0 heterocycles. The summed E-state index contributed by atoms with van der Waals surface area (Å²) in [6, 6.07) is 0. The van der Waals surface area contributed by atoms with E-state index in [4.69, 9.17) is 8.85 Å². The Labute approximate surface area is 127 Å². The van der Waals surface area contributed by atoms with E-state index < -0.39 is 16.6 Å². The summed E-state index contributed by atoms with van der Waals surface area (Å²) >= 11 is 0. The van der Waals surface area contributed by atoms with Crippen molar-refractivity contribution in [1.82, 2.24) is 0 Å². The van der Waals surface area contributed by atoms with E-state index in [1.54, 1.807) is 0 Å². The Hall–Kier alpha value is -0.0662. The molecule has 2 aliphatic rings. The van der Waals surface area contributed by atoms with Crippen molar-refractivity contribution in [2.75, 3.05) is 6.61 Å². The molecule has 0 bridgehead atoms. The maximum atomic E-state index is 6.37. The van der Waals surface area contributed by atoms with Gasteiger partial charge in [-0.05, 0) is 61.6 Å². The fourth-order valence-electron chi connectivity index (χ4n) is 2.75. The third kappa shape index (κ3) is 3.57. The van der Waals surface area contributed by atoms with E-state index in [-0.39, 0.29) is 0 Å². The molecule has 0 aromatic heterocycles. The van der Waals surface area contributed by atoms with Crippen LogP contribution in [0, 0.1) is 17.8 Å². The van der Waals surface area contributed by atoms with Crippen LogP contribution >= 0.6 is 0 Å². The Balaban J connectivity index is 1.81. The zero-order valence-corrected chi connectivity index (χ0v) is 16.5. The first kappa shape index (κ1) is 16.3. The molecule has 3 atom stereocenters. The van der Waals surface area contributed by atoms with Gasteiger partial charge in [0.15, 0.2) is 8.32 Å². The predicted octanol–water partition coefficient (Wildman–Crippen LogP) is 5.01. The second-order valence-corrected chi connectivity index (χ2v) is 18.3. The molecule has 20 heavy (non-hydrogen) atoms. The van der Waals surface area contributed by atoms with Gasteiger partial charge in [0.25, 0.3) is 0 Å². The van der Waals surface area contributed by atoms with Crippen molar-refractivity contribution in [3.63, 3.8) is 0 Å². The van der Waals surface area contributed by atoms with Gasteiger partial charge in [0.1, 0.15) is 0 Å². The summed E-state index contributed by atoms with van der Waals surface area (Å²) < 4.78 is 12.5. The Morgan fingerprint density at radius 2 is 1.75 bits per heavy atom. The molecule has 116 valence electrons. The van der Waals surface area contributed by atoms with Crippen molar-refractivity contribution >= 4 is 16.6 Å². The van der Waals surface area contributed by atoms with Gasteiger partial charge in [-0.25, -0.2) is 0 Å². The quantitative estimate of drug-likeness (QED) is 0.664.